The van der Waals surface area contributed by atoms with Gasteiger partial charge in [-0.3, -0.25) is 0 Å². The summed E-state index contributed by atoms with van der Waals surface area (Å²) in [5.41, 5.74) is 1.12. The third kappa shape index (κ3) is 3.97. The molecular formula is C17H17NOS. The lowest BCUT2D eigenvalue weighted by molar-refractivity contribution is 0.362. The fourth-order valence-corrected chi connectivity index (χ4v) is 2.57. The molecule has 20 heavy (non-hydrogen) atoms. The summed E-state index contributed by atoms with van der Waals surface area (Å²) in [6.07, 6.45) is 6.46. The van der Waals surface area contributed by atoms with E-state index in [9.17, 15) is 0 Å². The van der Waals surface area contributed by atoms with Crippen molar-refractivity contribution in [3.05, 3.63) is 53.4 Å². The highest BCUT2D eigenvalue weighted by Gasteiger charge is 2.02. The van der Waals surface area contributed by atoms with E-state index in [0.29, 0.717) is 6.61 Å². The van der Waals surface area contributed by atoms with Crippen LogP contribution in [0.25, 0.3) is 10.4 Å². The molecular weight excluding hydrogens is 266 g/mol. The molecule has 2 rings (SSSR count). The summed E-state index contributed by atoms with van der Waals surface area (Å²) in [5.74, 6) is 0.868. The number of hydrogen-bond donors (Lipinski definition) is 0. The topological polar surface area (TPSA) is 33.0 Å². The van der Waals surface area contributed by atoms with E-state index in [4.69, 9.17) is 10.00 Å². The number of benzene rings is 1. The summed E-state index contributed by atoms with van der Waals surface area (Å²) in [6, 6.07) is 14.0. The maximum atomic E-state index is 8.83. The normalized spacial score (nSPS) is 10.6. The Morgan fingerprint density at radius 1 is 1.15 bits per heavy atom. The Hall–Kier alpha value is -2.05. The highest BCUT2D eigenvalue weighted by molar-refractivity contribution is 7.16. The minimum atomic E-state index is 0.608. The van der Waals surface area contributed by atoms with Crippen LogP contribution < -0.4 is 4.74 Å². The zero-order valence-corrected chi connectivity index (χ0v) is 12.3. The summed E-state index contributed by atoms with van der Waals surface area (Å²) in [5, 5.41) is 8.83. The van der Waals surface area contributed by atoms with Crippen molar-refractivity contribution < 1.29 is 4.74 Å². The molecule has 0 bridgehead atoms. The first-order valence-electron chi connectivity index (χ1n) is 6.71. The summed E-state index contributed by atoms with van der Waals surface area (Å²) < 4.78 is 5.63. The van der Waals surface area contributed by atoms with Crippen molar-refractivity contribution in [2.24, 2.45) is 0 Å². The van der Waals surface area contributed by atoms with E-state index in [-0.39, 0.29) is 0 Å². The molecule has 0 saturated heterocycles. The van der Waals surface area contributed by atoms with Gasteiger partial charge in [0.25, 0.3) is 0 Å². The number of ether oxygens (including phenoxy) is 1. The zero-order valence-electron chi connectivity index (χ0n) is 11.5. The van der Waals surface area contributed by atoms with Crippen molar-refractivity contribution in [3.8, 4) is 22.3 Å². The summed E-state index contributed by atoms with van der Waals surface area (Å²) in [4.78, 5) is 1.84. The second kappa shape index (κ2) is 7.52. The molecule has 0 fully saturated rings. The molecule has 0 N–H and O–H groups in total. The van der Waals surface area contributed by atoms with Crippen LogP contribution in [0.1, 0.15) is 24.6 Å². The molecule has 0 radical (unpaired) electrons. The van der Waals surface area contributed by atoms with Crippen molar-refractivity contribution in [2.75, 3.05) is 6.61 Å². The molecule has 1 aromatic carbocycles. The average molecular weight is 283 g/mol. The number of hydrogen-bond acceptors (Lipinski definition) is 3. The predicted molar refractivity (Wildman–Crippen MR) is 84.0 cm³/mol. The monoisotopic (exact) mass is 283 g/mol. The van der Waals surface area contributed by atoms with Gasteiger partial charge in [0.2, 0.25) is 0 Å². The van der Waals surface area contributed by atoms with Crippen molar-refractivity contribution >= 4 is 11.3 Å². The van der Waals surface area contributed by atoms with Crippen molar-refractivity contribution in [3.63, 3.8) is 0 Å². The van der Waals surface area contributed by atoms with Gasteiger partial charge in [0.05, 0.1) is 0 Å². The lowest BCUT2D eigenvalue weighted by Crippen LogP contribution is -1.92. The third-order valence-corrected chi connectivity index (χ3v) is 3.86. The van der Waals surface area contributed by atoms with Crippen LogP contribution in [-0.4, -0.2) is 6.61 Å². The second-order valence-corrected chi connectivity index (χ2v) is 5.45. The number of unbranched alkanes of at least 4 members (excludes halogenated alkanes) is 1. The Labute approximate surface area is 123 Å². The Balaban J connectivity index is 1.94. The number of nitriles is 1. The quantitative estimate of drug-likeness (QED) is 0.697. The first-order valence-corrected chi connectivity index (χ1v) is 7.53. The van der Waals surface area contributed by atoms with E-state index in [0.717, 1.165) is 33.9 Å². The minimum Gasteiger partial charge on any atom is -0.490 e. The van der Waals surface area contributed by atoms with E-state index in [1.807, 2.05) is 36.4 Å². The molecule has 1 heterocycles. The Bertz CT molecular complexity index is 605. The molecule has 0 atom stereocenters. The SMILES string of the molecule is CCCC=CCOc1ccc(-c2ccc(C#N)s2)cc1. The molecule has 102 valence electrons. The zero-order chi connectivity index (χ0) is 14.2. The van der Waals surface area contributed by atoms with Crippen LogP contribution in [0.4, 0.5) is 0 Å². The van der Waals surface area contributed by atoms with Gasteiger partial charge in [-0.05, 0) is 48.4 Å². The summed E-state index contributed by atoms with van der Waals surface area (Å²) >= 11 is 1.51. The van der Waals surface area contributed by atoms with Crippen LogP contribution in [0.2, 0.25) is 0 Å². The van der Waals surface area contributed by atoms with Gasteiger partial charge in [-0.15, -0.1) is 11.3 Å². The molecule has 0 aliphatic carbocycles. The maximum Gasteiger partial charge on any atom is 0.119 e. The van der Waals surface area contributed by atoms with Gasteiger partial charge >= 0.3 is 0 Å². The minimum absolute atomic E-state index is 0.608. The van der Waals surface area contributed by atoms with Gasteiger partial charge in [-0.1, -0.05) is 25.5 Å². The second-order valence-electron chi connectivity index (χ2n) is 4.37. The van der Waals surface area contributed by atoms with Crippen LogP contribution in [0.5, 0.6) is 5.75 Å². The molecule has 0 spiro atoms. The average Bonchev–Trinajstić information content (AvgIpc) is 2.97. The lowest BCUT2D eigenvalue weighted by atomic mass is 10.2. The van der Waals surface area contributed by atoms with Crippen LogP contribution in [0, 0.1) is 11.3 Å². The van der Waals surface area contributed by atoms with E-state index in [1.165, 1.54) is 11.3 Å². The fourth-order valence-electron chi connectivity index (χ4n) is 1.77. The standard InChI is InChI=1S/C17H17NOS/c1-2-3-4-5-12-19-15-8-6-14(7-9-15)17-11-10-16(13-18)20-17/h4-11H,2-3,12H2,1H3. The third-order valence-electron chi connectivity index (χ3n) is 2.82. The first kappa shape index (κ1) is 14.4. The van der Waals surface area contributed by atoms with E-state index < -0.39 is 0 Å². The van der Waals surface area contributed by atoms with Crippen molar-refractivity contribution in [2.45, 2.75) is 19.8 Å². The Morgan fingerprint density at radius 2 is 1.95 bits per heavy atom. The van der Waals surface area contributed by atoms with Gasteiger partial charge in [0.1, 0.15) is 23.3 Å². The molecule has 0 unspecified atom stereocenters. The lowest BCUT2D eigenvalue weighted by Gasteiger charge is -2.04. The smallest absolute Gasteiger partial charge is 0.119 e. The van der Waals surface area contributed by atoms with Crippen molar-refractivity contribution in [1.29, 1.82) is 5.26 Å². The molecule has 0 aliphatic heterocycles. The highest BCUT2D eigenvalue weighted by atomic mass is 32.1. The molecule has 3 heteroatoms. The molecule has 0 saturated carbocycles. The van der Waals surface area contributed by atoms with Crippen molar-refractivity contribution in [1.82, 2.24) is 0 Å². The Kier molecular flexibility index (Phi) is 5.40. The van der Waals surface area contributed by atoms with Crippen LogP contribution in [-0.2, 0) is 0 Å². The maximum absolute atomic E-state index is 8.83. The van der Waals surface area contributed by atoms with Gasteiger partial charge in [0.15, 0.2) is 0 Å². The first-order chi connectivity index (χ1) is 9.83. The van der Waals surface area contributed by atoms with Gasteiger partial charge in [-0.25, -0.2) is 0 Å². The molecule has 0 amide bonds. The van der Waals surface area contributed by atoms with E-state index in [2.05, 4.69) is 25.1 Å². The fraction of sp³-hybridized carbons (Fsp3) is 0.235. The van der Waals surface area contributed by atoms with Gasteiger partial charge < -0.3 is 4.74 Å². The van der Waals surface area contributed by atoms with Crippen LogP contribution in [0.15, 0.2) is 48.6 Å². The van der Waals surface area contributed by atoms with Crippen LogP contribution >= 0.6 is 11.3 Å². The highest BCUT2D eigenvalue weighted by Crippen LogP contribution is 2.28. The number of nitrogens with zero attached hydrogens (tertiary/aromatic N) is 1. The number of rotatable bonds is 6. The van der Waals surface area contributed by atoms with Gasteiger partial charge in [0, 0.05) is 4.88 Å². The van der Waals surface area contributed by atoms with Crippen LogP contribution in [0.3, 0.4) is 0 Å². The predicted octanol–water partition coefficient (Wildman–Crippen LogP) is 5.02. The van der Waals surface area contributed by atoms with Gasteiger partial charge in [-0.2, -0.15) is 5.26 Å². The van der Waals surface area contributed by atoms with E-state index >= 15 is 0 Å². The summed E-state index contributed by atoms with van der Waals surface area (Å²) in [7, 11) is 0. The summed E-state index contributed by atoms with van der Waals surface area (Å²) in [6.45, 7) is 2.77. The molecule has 1 aromatic heterocycles. The largest absolute Gasteiger partial charge is 0.490 e. The Morgan fingerprint density at radius 3 is 2.60 bits per heavy atom. The molecule has 2 nitrogen and oxygen atoms in total. The van der Waals surface area contributed by atoms with E-state index in [1.54, 1.807) is 0 Å². The molecule has 2 aromatic rings. The molecule has 0 aliphatic rings. The number of allylic oxidation sites excluding steroid dienone is 1. The number of thiophene rings is 1.